The number of benzene rings is 2. The Morgan fingerprint density at radius 1 is 1.32 bits per heavy atom. The van der Waals surface area contributed by atoms with Crippen molar-refractivity contribution < 1.29 is 18.7 Å². The molecule has 0 aliphatic carbocycles. The third-order valence-corrected chi connectivity index (χ3v) is 6.67. The smallest absolute Gasteiger partial charge is 0.268 e. The molecule has 0 bridgehead atoms. The molecule has 5 nitrogen and oxygen atoms in total. The predicted octanol–water partition coefficient (Wildman–Crippen LogP) is 3.40. The molecule has 0 radical (unpaired) electrons. The highest BCUT2D eigenvalue weighted by molar-refractivity contribution is 8.01. The second-order valence-electron chi connectivity index (χ2n) is 6.62. The lowest BCUT2D eigenvalue weighted by Crippen LogP contribution is -2.51. The highest BCUT2D eigenvalue weighted by Gasteiger charge is 2.59. The van der Waals surface area contributed by atoms with Crippen LogP contribution in [0.4, 0.5) is 10.1 Å². The molecule has 0 aromatic heterocycles. The van der Waals surface area contributed by atoms with E-state index in [1.807, 2.05) is 0 Å². The molecule has 146 valence electrons. The summed E-state index contributed by atoms with van der Waals surface area (Å²) in [6.07, 6.45) is 0. The lowest BCUT2D eigenvalue weighted by atomic mass is 10.1. The van der Waals surface area contributed by atoms with Crippen molar-refractivity contribution in [3.8, 4) is 0 Å². The number of carbonyl (C=O) groups excluding carboxylic acids is 2. The van der Waals surface area contributed by atoms with Gasteiger partial charge in [0.25, 0.3) is 5.91 Å². The summed E-state index contributed by atoms with van der Waals surface area (Å²) in [4.78, 5) is 28.2. The van der Waals surface area contributed by atoms with Crippen LogP contribution in [0.1, 0.15) is 11.1 Å². The molecule has 1 spiro atoms. The van der Waals surface area contributed by atoms with Gasteiger partial charge in [-0.3, -0.25) is 9.59 Å². The van der Waals surface area contributed by atoms with Gasteiger partial charge in [-0.1, -0.05) is 29.8 Å². The molecule has 8 heteroatoms. The summed E-state index contributed by atoms with van der Waals surface area (Å²) in [5.41, 5.74) is 1.71. The fourth-order valence-corrected chi connectivity index (χ4v) is 5.44. The lowest BCUT2D eigenvalue weighted by molar-refractivity contribution is -0.143. The van der Waals surface area contributed by atoms with Gasteiger partial charge >= 0.3 is 0 Å². The number of fused-ring (bicyclic) bond motifs is 2. The van der Waals surface area contributed by atoms with Crippen LogP contribution in [-0.2, 0) is 25.7 Å². The van der Waals surface area contributed by atoms with E-state index in [2.05, 4.69) is 0 Å². The van der Waals surface area contributed by atoms with Crippen LogP contribution in [0.3, 0.4) is 0 Å². The Labute approximate surface area is 171 Å². The van der Waals surface area contributed by atoms with Gasteiger partial charge in [0.2, 0.25) is 5.91 Å². The van der Waals surface area contributed by atoms with Gasteiger partial charge in [-0.2, -0.15) is 0 Å². The van der Waals surface area contributed by atoms with Gasteiger partial charge in [0.1, 0.15) is 12.4 Å². The zero-order valence-electron chi connectivity index (χ0n) is 15.2. The van der Waals surface area contributed by atoms with Gasteiger partial charge in [0, 0.05) is 35.6 Å². The first kappa shape index (κ1) is 19.2. The van der Waals surface area contributed by atoms with E-state index in [0.29, 0.717) is 34.1 Å². The number of nitrogens with zero attached hydrogens (tertiary/aromatic N) is 2. The zero-order valence-corrected chi connectivity index (χ0v) is 16.7. The SMILES string of the molecule is COCC(=O)N1CCS[C@]12C(=O)N(Cc1ccccc1F)c1ccc(Cl)cc12. The summed E-state index contributed by atoms with van der Waals surface area (Å²) in [6.45, 7) is 0.394. The quantitative estimate of drug-likeness (QED) is 0.760. The molecule has 0 saturated carbocycles. The Morgan fingerprint density at radius 3 is 2.86 bits per heavy atom. The van der Waals surface area contributed by atoms with Crippen LogP contribution >= 0.6 is 23.4 Å². The third kappa shape index (κ3) is 2.89. The number of thioether (sulfide) groups is 1. The molecule has 2 heterocycles. The van der Waals surface area contributed by atoms with Gasteiger partial charge < -0.3 is 14.5 Å². The second-order valence-corrected chi connectivity index (χ2v) is 8.34. The largest absolute Gasteiger partial charge is 0.375 e. The van der Waals surface area contributed by atoms with E-state index in [9.17, 15) is 14.0 Å². The summed E-state index contributed by atoms with van der Waals surface area (Å²) < 4.78 is 19.2. The highest BCUT2D eigenvalue weighted by atomic mass is 35.5. The number of hydrogen-bond acceptors (Lipinski definition) is 4. The Bertz CT molecular complexity index is 957. The van der Waals surface area contributed by atoms with E-state index >= 15 is 0 Å². The number of anilines is 1. The molecule has 2 aromatic carbocycles. The second kappa shape index (κ2) is 7.39. The van der Waals surface area contributed by atoms with Crippen molar-refractivity contribution in [1.29, 1.82) is 0 Å². The molecule has 0 unspecified atom stereocenters. The molecule has 0 N–H and O–H groups in total. The minimum atomic E-state index is -1.19. The van der Waals surface area contributed by atoms with Crippen molar-refractivity contribution in [1.82, 2.24) is 4.90 Å². The van der Waals surface area contributed by atoms with E-state index in [1.54, 1.807) is 41.3 Å². The van der Waals surface area contributed by atoms with Crippen LogP contribution < -0.4 is 4.90 Å². The highest BCUT2D eigenvalue weighted by Crippen LogP contribution is 2.55. The number of rotatable bonds is 4. The fourth-order valence-electron chi connectivity index (χ4n) is 3.80. The van der Waals surface area contributed by atoms with Gasteiger partial charge in [-0.05, 0) is 24.3 Å². The van der Waals surface area contributed by atoms with E-state index in [0.717, 1.165) is 0 Å². The van der Waals surface area contributed by atoms with Crippen molar-refractivity contribution in [3.63, 3.8) is 0 Å². The van der Waals surface area contributed by atoms with Crippen LogP contribution in [0.25, 0.3) is 0 Å². The Kier molecular flexibility index (Phi) is 5.07. The molecule has 2 amide bonds. The fraction of sp³-hybridized carbons (Fsp3) is 0.300. The average Bonchev–Trinajstić information content (AvgIpc) is 3.21. The zero-order chi connectivity index (χ0) is 19.9. The molecule has 2 aliphatic heterocycles. The maximum Gasteiger partial charge on any atom is 0.268 e. The standard InChI is InChI=1S/C20H18ClFN2O3S/c1-27-12-18(25)24-8-9-28-20(24)15-10-14(21)6-7-17(15)23(19(20)26)11-13-4-2-3-5-16(13)22/h2-7,10H,8-9,11-12H2,1H3/t20-/m1/s1. The summed E-state index contributed by atoms with van der Waals surface area (Å²) in [5, 5.41) is 0.477. The summed E-state index contributed by atoms with van der Waals surface area (Å²) >= 11 is 7.63. The first-order valence-electron chi connectivity index (χ1n) is 8.78. The maximum absolute atomic E-state index is 14.2. The molecule has 2 aliphatic rings. The first-order chi connectivity index (χ1) is 13.5. The van der Waals surface area contributed by atoms with Crippen molar-refractivity contribution >= 4 is 40.9 Å². The minimum absolute atomic E-state index is 0.0781. The minimum Gasteiger partial charge on any atom is -0.375 e. The molecule has 4 rings (SSSR count). The Morgan fingerprint density at radius 2 is 2.11 bits per heavy atom. The van der Waals surface area contributed by atoms with Crippen molar-refractivity contribution in [3.05, 3.63) is 64.4 Å². The topological polar surface area (TPSA) is 49.9 Å². The van der Waals surface area contributed by atoms with Gasteiger partial charge in [0.15, 0.2) is 4.87 Å². The number of hydrogen-bond donors (Lipinski definition) is 0. The molecular formula is C20H18ClFN2O3S. The van der Waals surface area contributed by atoms with Crippen LogP contribution in [0.2, 0.25) is 5.02 Å². The van der Waals surface area contributed by atoms with Gasteiger partial charge in [-0.25, -0.2) is 4.39 Å². The average molecular weight is 421 g/mol. The maximum atomic E-state index is 14.2. The Hall–Kier alpha value is -2.09. The monoisotopic (exact) mass is 420 g/mol. The normalized spacial score (nSPS) is 20.9. The molecule has 2 aromatic rings. The van der Waals surface area contributed by atoms with Crippen LogP contribution in [0, 0.1) is 5.82 Å². The molecule has 28 heavy (non-hydrogen) atoms. The molecule has 1 saturated heterocycles. The van der Waals surface area contributed by atoms with Crippen LogP contribution in [0.15, 0.2) is 42.5 Å². The lowest BCUT2D eigenvalue weighted by Gasteiger charge is -2.33. The van der Waals surface area contributed by atoms with E-state index in [1.165, 1.54) is 29.8 Å². The van der Waals surface area contributed by atoms with E-state index in [-0.39, 0.29) is 30.8 Å². The molecule has 1 fully saturated rings. The predicted molar refractivity (Wildman–Crippen MR) is 107 cm³/mol. The number of halogens is 2. The summed E-state index contributed by atoms with van der Waals surface area (Å²) in [6, 6.07) is 11.5. The van der Waals surface area contributed by atoms with Crippen molar-refractivity contribution in [2.45, 2.75) is 11.4 Å². The summed E-state index contributed by atoms with van der Waals surface area (Å²) in [7, 11) is 1.44. The van der Waals surface area contributed by atoms with Crippen molar-refractivity contribution in [2.75, 3.05) is 30.9 Å². The van der Waals surface area contributed by atoms with Crippen molar-refractivity contribution in [2.24, 2.45) is 0 Å². The third-order valence-electron chi connectivity index (χ3n) is 5.01. The van der Waals surface area contributed by atoms with Crippen LogP contribution in [0.5, 0.6) is 0 Å². The Balaban J connectivity index is 1.81. The number of methoxy groups -OCH3 is 1. The first-order valence-corrected chi connectivity index (χ1v) is 10.1. The van der Waals surface area contributed by atoms with Crippen LogP contribution in [-0.4, -0.2) is 42.7 Å². The van der Waals surface area contributed by atoms with E-state index < -0.39 is 4.87 Å². The number of amides is 2. The molecular weight excluding hydrogens is 403 g/mol. The molecule has 1 atom stereocenters. The summed E-state index contributed by atoms with van der Waals surface area (Å²) in [5.74, 6) is -0.293. The van der Waals surface area contributed by atoms with Gasteiger partial charge in [0.05, 0.1) is 12.2 Å². The van der Waals surface area contributed by atoms with Gasteiger partial charge in [-0.15, -0.1) is 11.8 Å². The van der Waals surface area contributed by atoms with E-state index in [4.69, 9.17) is 16.3 Å². The number of carbonyl (C=O) groups is 2. The number of ether oxygens (including phenoxy) is 1.